The zero-order valence-electron chi connectivity index (χ0n) is 24.0. The van der Waals surface area contributed by atoms with Crippen LogP contribution in [0.1, 0.15) is 42.7 Å². The van der Waals surface area contributed by atoms with E-state index in [1.54, 1.807) is 6.33 Å². The van der Waals surface area contributed by atoms with E-state index in [1.807, 2.05) is 10.9 Å². The van der Waals surface area contributed by atoms with Gasteiger partial charge in [-0.2, -0.15) is 0 Å². The monoisotopic (exact) mass is 557 g/mol. The molecule has 0 unspecified atom stereocenters. The summed E-state index contributed by atoms with van der Waals surface area (Å²) in [5.74, 6) is 1.65. The van der Waals surface area contributed by atoms with Crippen molar-refractivity contribution in [3.05, 3.63) is 120 Å². The molecule has 0 radical (unpaired) electrons. The van der Waals surface area contributed by atoms with E-state index in [-0.39, 0.29) is 12.3 Å². The maximum atomic E-state index is 6.64. The van der Waals surface area contributed by atoms with Crippen molar-refractivity contribution in [3.8, 4) is 0 Å². The van der Waals surface area contributed by atoms with Crippen LogP contribution in [0.4, 0.5) is 5.82 Å². The summed E-state index contributed by atoms with van der Waals surface area (Å²) in [7, 11) is 2.08. The van der Waals surface area contributed by atoms with Crippen molar-refractivity contribution in [1.29, 1.82) is 0 Å². The fourth-order valence-corrected chi connectivity index (χ4v) is 6.63. The molecule has 0 N–H and O–H groups in total. The highest BCUT2D eigenvalue weighted by Gasteiger charge is 2.45. The Hall–Kier alpha value is -4.40. The Morgan fingerprint density at radius 2 is 1.43 bits per heavy atom. The zero-order chi connectivity index (χ0) is 28.5. The molecule has 7 rings (SSSR count). The zero-order valence-corrected chi connectivity index (χ0v) is 24.0. The van der Waals surface area contributed by atoms with Crippen molar-refractivity contribution >= 4 is 22.8 Å². The summed E-state index contributed by atoms with van der Waals surface area (Å²) >= 11 is 0. The first kappa shape index (κ1) is 26.5. The van der Waals surface area contributed by atoms with E-state index in [0.29, 0.717) is 17.9 Å². The minimum Gasteiger partial charge on any atom is -0.363 e. The first-order valence-electron chi connectivity index (χ1n) is 14.7. The number of nitrogens with zero attached hydrogens (tertiary/aromatic N) is 7. The number of hydrogen-bond acceptors (Lipinski definition) is 6. The first-order valence-corrected chi connectivity index (χ1v) is 14.7. The Labute approximate surface area is 246 Å². The van der Waals surface area contributed by atoms with Crippen LogP contribution in [0.25, 0.3) is 11.2 Å². The van der Waals surface area contributed by atoms with Crippen LogP contribution in [0.2, 0.25) is 0 Å². The molecule has 4 heterocycles. The Morgan fingerprint density at radius 1 is 0.810 bits per heavy atom. The highest BCUT2D eigenvalue weighted by atomic mass is 16.5. The lowest BCUT2D eigenvalue weighted by atomic mass is 9.75. The molecule has 3 aromatic carbocycles. The third kappa shape index (κ3) is 4.57. The van der Waals surface area contributed by atoms with Crippen molar-refractivity contribution in [2.45, 2.75) is 37.6 Å². The van der Waals surface area contributed by atoms with Crippen molar-refractivity contribution in [2.75, 3.05) is 26.7 Å². The van der Waals surface area contributed by atoms with Crippen molar-refractivity contribution < 1.29 is 4.74 Å². The lowest BCUT2D eigenvalue weighted by molar-refractivity contribution is -0.128. The Kier molecular flexibility index (Phi) is 7.01. The molecule has 2 aliphatic heterocycles. The molecule has 5 aromatic rings. The van der Waals surface area contributed by atoms with Crippen LogP contribution in [0.3, 0.4) is 0 Å². The van der Waals surface area contributed by atoms with E-state index in [0.717, 1.165) is 37.4 Å². The third-order valence-corrected chi connectivity index (χ3v) is 8.51. The van der Waals surface area contributed by atoms with Gasteiger partial charge in [0.2, 0.25) is 0 Å². The van der Waals surface area contributed by atoms with Gasteiger partial charge >= 0.3 is 0 Å². The van der Waals surface area contributed by atoms with Crippen LogP contribution in [-0.2, 0) is 10.3 Å². The lowest BCUT2D eigenvalue weighted by Gasteiger charge is -2.50. The van der Waals surface area contributed by atoms with Gasteiger partial charge in [-0.25, -0.2) is 19.9 Å². The quantitative estimate of drug-likeness (QED) is 0.246. The number of aromatic nitrogens is 4. The SMILES string of the molecule is C[C@H]1CN(C(c2ccccc2)(c2ccccc2)c2ccccc2)C[C@H](n2cnc3c(N=C4CCCN4C)ncnc32)O1. The molecule has 42 heavy (non-hydrogen) atoms. The Bertz CT molecular complexity index is 1590. The molecular formula is C34H35N7O. The lowest BCUT2D eigenvalue weighted by Crippen LogP contribution is -2.56. The Morgan fingerprint density at radius 3 is 2.00 bits per heavy atom. The molecule has 2 saturated heterocycles. The molecule has 0 amide bonds. The van der Waals surface area contributed by atoms with Gasteiger partial charge in [0.15, 0.2) is 17.0 Å². The van der Waals surface area contributed by atoms with Crippen molar-refractivity contribution in [1.82, 2.24) is 29.3 Å². The number of likely N-dealkylation sites (tertiary alicyclic amines) is 1. The molecule has 0 spiro atoms. The van der Waals surface area contributed by atoms with E-state index in [9.17, 15) is 0 Å². The molecule has 0 saturated carbocycles. The average molecular weight is 558 g/mol. The van der Waals surface area contributed by atoms with E-state index >= 15 is 0 Å². The highest BCUT2D eigenvalue weighted by Crippen LogP contribution is 2.44. The molecule has 2 atom stereocenters. The topological polar surface area (TPSA) is 71.7 Å². The summed E-state index contributed by atoms with van der Waals surface area (Å²) in [6, 6.07) is 32.4. The number of amidine groups is 1. The average Bonchev–Trinajstić information content (AvgIpc) is 3.65. The maximum absolute atomic E-state index is 6.64. The van der Waals surface area contributed by atoms with Gasteiger partial charge in [-0.1, -0.05) is 91.0 Å². The standard InChI is InChI=1S/C34H35N7O/c1-25-21-40(34(26-13-6-3-7-14-26,27-15-8-4-9-16-27)28-17-10-5-11-18-28)22-30(42-25)41-24-37-31-32(35-23-36-33(31)41)38-29-19-12-20-39(29)2/h3-11,13-18,23-25,30H,12,19-22H2,1-2H3/t25-,30+/m0/s1. The molecule has 212 valence electrons. The number of ether oxygens (including phenoxy) is 1. The van der Waals surface area contributed by atoms with Gasteiger partial charge in [0.25, 0.3) is 0 Å². The number of aliphatic imine (C=N–C) groups is 1. The third-order valence-electron chi connectivity index (χ3n) is 8.51. The maximum Gasteiger partial charge on any atom is 0.185 e. The molecular weight excluding hydrogens is 522 g/mol. The molecule has 8 nitrogen and oxygen atoms in total. The molecule has 2 aliphatic rings. The first-order chi connectivity index (χ1) is 20.6. The second-order valence-electron chi connectivity index (χ2n) is 11.2. The minimum atomic E-state index is -0.532. The van der Waals surface area contributed by atoms with Crippen LogP contribution in [0, 0.1) is 0 Å². The van der Waals surface area contributed by atoms with Gasteiger partial charge < -0.3 is 9.64 Å². The van der Waals surface area contributed by atoms with Crippen LogP contribution in [0.5, 0.6) is 0 Å². The predicted octanol–water partition coefficient (Wildman–Crippen LogP) is 5.79. The highest BCUT2D eigenvalue weighted by molar-refractivity contribution is 5.90. The number of imidazole rings is 1. The summed E-state index contributed by atoms with van der Waals surface area (Å²) in [5.41, 5.74) is 4.54. The molecule has 2 aromatic heterocycles. The second kappa shape index (κ2) is 11.1. The number of benzene rings is 3. The fraction of sp³-hybridized carbons (Fsp3) is 0.294. The number of morpholine rings is 1. The molecule has 0 aliphatic carbocycles. The van der Waals surface area contributed by atoms with Crippen molar-refractivity contribution in [3.63, 3.8) is 0 Å². The van der Waals surface area contributed by atoms with E-state index in [4.69, 9.17) is 14.7 Å². The van der Waals surface area contributed by atoms with Crippen molar-refractivity contribution in [2.24, 2.45) is 4.99 Å². The van der Waals surface area contributed by atoms with E-state index in [2.05, 4.69) is 125 Å². The summed E-state index contributed by atoms with van der Waals surface area (Å²) < 4.78 is 8.69. The van der Waals surface area contributed by atoms with Gasteiger partial charge in [-0.15, -0.1) is 0 Å². The summed E-state index contributed by atoms with van der Waals surface area (Å²) in [5, 5.41) is 0. The number of hydrogen-bond donors (Lipinski definition) is 0. The smallest absolute Gasteiger partial charge is 0.185 e. The van der Waals surface area contributed by atoms with Crippen LogP contribution in [0.15, 0.2) is 109 Å². The van der Waals surface area contributed by atoms with Crippen LogP contribution >= 0.6 is 0 Å². The van der Waals surface area contributed by atoms with Crippen LogP contribution in [-0.4, -0.2) is 67.9 Å². The molecule has 0 bridgehead atoms. The van der Waals surface area contributed by atoms with Crippen LogP contribution < -0.4 is 0 Å². The van der Waals surface area contributed by atoms with Gasteiger partial charge in [-0.3, -0.25) is 9.47 Å². The van der Waals surface area contributed by atoms with E-state index < -0.39 is 5.54 Å². The molecule has 8 heteroatoms. The van der Waals surface area contributed by atoms with Gasteiger partial charge in [-0.05, 0) is 30.0 Å². The predicted molar refractivity (Wildman–Crippen MR) is 165 cm³/mol. The van der Waals surface area contributed by atoms with Gasteiger partial charge in [0.05, 0.1) is 18.0 Å². The normalized spacial score (nSPS) is 20.9. The van der Waals surface area contributed by atoms with Gasteiger partial charge in [0, 0.05) is 33.1 Å². The number of fused-ring (bicyclic) bond motifs is 1. The van der Waals surface area contributed by atoms with E-state index in [1.165, 1.54) is 16.7 Å². The minimum absolute atomic E-state index is 0.0367. The summed E-state index contributed by atoms with van der Waals surface area (Å²) in [4.78, 5) is 23.6. The number of rotatable bonds is 6. The Balaban J connectivity index is 1.35. The summed E-state index contributed by atoms with van der Waals surface area (Å²) in [6.07, 6.45) is 5.12. The summed E-state index contributed by atoms with van der Waals surface area (Å²) in [6.45, 7) is 4.54. The largest absolute Gasteiger partial charge is 0.363 e. The molecule has 2 fully saturated rings. The second-order valence-corrected chi connectivity index (χ2v) is 11.2. The van der Waals surface area contributed by atoms with Gasteiger partial charge in [0.1, 0.15) is 18.4 Å². The fourth-order valence-electron chi connectivity index (χ4n) is 6.63.